The van der Waals surface area contributed by atoms with Crippen molar-refractivity contribution in [3.63, 3.8) is 0 Å². The molecule has 2 nitrogen and oxygen atoms in total. The standard InChI is InChI=1S/C17H28N2S/c1-15(14-20-2)12-18-13-16-6-8-17(9-7-16)19-10-4-3-5-11-19/h6-9,15,18H,3-5,10-14H2,1-2H3. The highest BCUT2D eigenvalue weighted by molar-refractivity contribution is 7.98. The van der Waals surface area contributed by atoms with Crippen molar-refractivity contribution in [2.75, 3.05) is 36.5 Å². The number of anilines is 1. The quantitative estimate of drug-likeness (QED) is 0.823. The van der Waals surface area contributed by atoms with E-state index in [9.17, 15) is 0 Å². The van der Waals surface area contributed by atoms with Gasteiger partial charge in [-0.15, -0.1) is 0 Å². The number of hydrogen-bond acceptors (Lipinski definition) is 3. The fourth-order valence-electron chi connectivity index (χ4n) is 2.78. The van der Waals surface area contributed by atoms with E-state index in [0.717, 1.165) is 19.0 Å². The normalized spacial score (nSPS) is 17.2. The molecule has 1 N–H and O–H groups in total. The van der Waals surface area contributed by atoms with Crippen LogP contribution in [0.3, 0.4) is 0 Å². The fourth-order valence-corrected chi connectivity index (χ4v) is 3.47. The molecule has 1 fully saturated rings. The van der Waals surface area contributed by atoms with Crippen LogP contribution in [-0.2, 0) is 6.54 Å². The van der Waals surface area contributed by atoms with Crippen LogP contribution in [0.1, 0.15) is 31.7 Å². The highest BCUT2D eigenvalue weighted by Gasteiger charge is 2.10. The maximum Gasteiger partial charge on any atom is 0.0366 e. The average molecular weight is 292 g/mol. The summed E-state index contributed by atoms with van der Waals surface area (Å²) in [5, 5.41) is 3.56. The molecule has 1 aliphatic rings. The van der Waals surface area contributed by atoms with Gasteiger partial charge in [0.05, 0.1) is 0 Å². The Morgan fingerprint density at radius 3 is 2.50 bits per heavy atom. The van der Waals surface area contributed by atoms with E-state index in [0.29, 0.717) is 0 Å². The summed E-state index contributed by atoms with van der Waals surface area (Å²) in [6, 6.07) is 9.12. The highest BCUT2D eigenvalue weighted by atomic mass is 32.2. The van der Waals surface area contributed by atoms with E-state index in [4.69, 9.17) is 0 Å². The van der Waals surface area contributed by atoms with Gasteiger partial charge >= 0.3 is 0 Å². The van der Waals surface area contributed by atoms with E-state index in [-0.39, 0.29) is 0 Å². The molecular formula is C17H28N2S. The van der Waals surface area contributed by atoms with Crippen molar-refractivity contribution in [2.45, 2.75) is 32.7 Å². The largest absolute Gasteiger partial charge is 0.372 e. The number of rotatable bonds is 7. The molecule has 0 bridgehead atoms. The maximum absolute atomic E-state index is 3.56. The second kappa shape index (κ2) is 8.58. The zero-order valence-corrected chi connectivity index (χ0v) is 13.7. The van der Waals surface area contributed by atoms with Crippen LogP contribution in [-0.4, -0.2) is 31.6 Å². The van der Waals surface area contributed by atoms with Crippen molar-refractivity contribution in [1.29, 1.82) is 0 Å². The van der Waals surface area contributed by atoms with Gasteiger partial charge in [-0.2, -0.15) is 11.8 Å². The molecule has 3 heteroatoms. The minimum Gasteiger partial charge on any atom is -0.372 e. The Morgan fingerprint density at radius 1 is 1.15 bits per heavy atom. The first-order chi connectivity index (χ1) is 9.79. The van der Waals surface area contributed by atoms with Gasteiger partial charge < -0.3 is 10.2 Å². The van der Waals surface area contributed by atoms with Crippen LogP contribution in [0.2, 0.25) is 0 Å². The number of nitrogens with one attached hydrogen (secondary N) is 1. The summed E-state index contributed by atoms with van der Waals surface area (Å²) >= 11 is 1.93. The van der Waals surface area contributed by atoms with Crippen molar-refractivity contribution < 1.29 is 0 Å². The molecule has 0 spiro atoms. The van der Waals surface area contributed by atoms with Gasteiger partial charge in [0, 0.05) is 25.3 Å². The lowest BCUT2D eigenvalue weighted by atomic mass is 10.1. The van der Waals surface area contributed by atoms with Gasteiger partial charge in [-0.25, -0.2) is 0 Å². The first kappa shape index (κ1) is 15.7. The molecule has 20 heavy (non-hydrogen) atoms. The van der Waals surface area contributed by atoms with Gasteiger partial charge in [-0.05, 0) is 61.4 Å². The van der Waals surface area contributed by atoms with Crippen LogP contribution in [0.25, 0.3) is 0 Å². The molecule has 0 radical (unpaired) electrons. The molecule has 112 valence electrons. The smallest absolute Gasteiger partial charge is 0.0366 e. The van der Waals surface area contributed by atoms with Gasteiger partial charge in [-0.3, -0.25) is 0 Å². The number of hydrogen-bond donors (Lipinski definition) is 1. The minimum absolute atomic E-state index is 0.748. The van der Waals surface area contributed by atoms with Crippen molar-refractivity contribution >= 4 is 17.4 Å². The molecule has 1 aliphatic heterocycles. The molecule has 0 aliphatic carbocycles. The first-order valence-corrected chi connectivity index (χ1v) is 9.22. The third-order valence-electron chi connectivity index (χ3n) is 3.93. The van der Waals surface area contributed by atoms with Gasteiger partial charge in [0.2, 0.25) is 0 Å². The van der Waals surface area contributed by atoms with E-state index in [1.807, 2.05) is 11.8 Å². The highest BCUT2D eigenvalue weighted by Crippen LogP contribution is 2.20. The molecule has 1 aromatic rings. The Kier molecular flexibility index (Phi) is 6.74. The van der Waals surface area contributed by atoms with E-state index in [2.05, 4.69) is 47.7 Å². The van der Waals surface area contributed by atoms with Gasteiger partial charge in [-0.1, -0.05) is 19.1 Å². The monoisotopic (exact) mass is 292 g/mol. The van der Waals surface area contributed by atoms with Crippen molar-refractivity contribution in [3.8, 4) is 0 Å². The zero-order valence-electron chi connectivity index (χ0n) is 12.9. The topological polar surface area (TPSA) is 15.3 Å². The van der Waals surface area contributed by atoms with E-state index in [1.165, 1.54) is 49.4 Å². The molecule has 1 unspecified atom stereocenters. The summed E-state index contributed by atoms with van der Waals surface area (Å²) in [4.78, 5) is 2.52. The minimum atomic E-state index is 0.748. The number of thioether (sulfide) groups is 1. The van der Waals surface area contributed by atoms with Gasteiger partial charge in [0.15, 0.2) is 0 Å². The third kappa shape index (κ3) is 5.02. The lowest BCUT2D eigenvalue weighted by molar-refractivity contribution is 0.559. The van der Waals surface area contributed by atoms with Crippen LogP contribution in [0.5, 0.6) is 0 Å². The predicted octanol–water partition coefficient (Wildman–Crippen LogP) is 3.77. The molecule has 0 aromatic heterocycles. The Hall–Kier alpha value is -0.670. The van der Waals surface area contributed by atoms with E-state index >= 15 is 0 Å². The average Bonchev–Trinajstić information content (AvgIpc) is 2.49. The summed E-state index contributed by atoms with van der Waals surface area (Å²) in [7, 11) is 0. The Morgan fingerprint density at radius 2 is 1.85 bits per heavy atom. The molecule has 2 rings (SSSR count). The predicted molar refractivity (Wildman–Crippen MR) is 91.8 cm³/mol. The first-order valence-electron chi connectivity index (χ1n) is 7.83. The summed E-state index contributed by atoms with van der Waals surface area (Å²) in [5.74, 6) is 1.98. The molecule has 1 atom stereocenters. The van der Waals surface area contributed by atoms with Crippen LogP contribution in [0.15, 0.2) is 24.3 Å². The Bertz CT molecular complexity index is 371. The van der Waals surface area contributed by atoms with Crippen molar-refractivity contribution in [3.05, 3.63) is 29.8 Å². The Labute approximate surface area is 128 Å². The maximum atomic E-state index is 3.56. The van der Waals surface area contributed by atoms with E-state index < -0.39 is 0 Å². The lowest BCUT2D eigenvalue weighted by Gasteiger charge is -2.28. The zero-order chi connectivity index (χ0) is 14.2. The van der Waals surface area contributed by atoms with Crippen molar-refractivity contribution in [1.82, 2.24) is 5.32 Å². The Balaban J connectivity index is 1.76. The summed E-state index contributed by atoms with van der Waals surface area (Å²) in [6.45, 7) is 6.85. The number of piperidine rings is 1. The fraction of sp³-hybridized carbons (Fsp3) is 0.647. The number of benzene rings is 1. The van der Waals surface area contributed by atoms with Crippen LogP contribution >= 0.6 is 11.8 Å². The number of nitrogens with zero attached hydrogens (tertiary/aromatic N) is 1. The second-order valence-electron chi connectivity index (χ2n) is 5.91. The third-order valence-corrected chi connectivity index (χ3v) is 4.83. The van der Waals surface area contributed by atoms with Crippen molar-refractivity contribution in [2.24, 2.45) is 5.92 Å². The van der Waals surface area contributed by atoms with Crippen LogP contribution in [0, 0.1) is 5.92 Å². The second-order valence-corrected chi connectivity index (χ2v) is 6.82. The molecule has 1 heterocycles. The SMILES string of the molecule is CSCC(C)CNCc1ccc(N2CCCCC2)cc1. The molecular weight excluding hydrogens is 264 g/mol. The van der Waals surface area contributed by atoms with Crippen LogP contribution in [0.4, 0.5) is 5.69 Å². The van der Waals surface area contributed by atoms with Gasteiger partial charge in [0.25, 0.3) is 0 Å². The van der Waals surface area contributed by atoms with Gasteiger partial charge in [0.1, 0.15) is 0 Å². The molecule has 1 aromatic carbocycles. The lowest BCUT2D eigenvalue weighted by Crippen LogP contribution is -2.29. The molecule has 0 saturated carbocycles. The van der Waals surface area contributed by atoms with E-state index in [1.54, 1.807) is 0 Å². The summed E-state index contributed by atoms with van der Waals surface area (Å²) in [6.07, 6.45) is 6.26. The summed E-state index contributed by atoms with van der Waals surface area (Å²) in [5.41, 5.74) is 2.78. The summed E-state index contributed by atoms with van der Waals surface area (Å²) < 4.78 is 0. The molecule has 0 amide bonds. The molecule has 1 saturated heterocycles. The van der Waals surface area contributed by atoms with Crippen LogP contribution < -0.4 is 10.2 Å².